The molecule has 1 unspecified atom stereocenters. The van der Waals surface area contributed by atoms with E-state index in [9.17, 15) is 9.90 Å². The van der Waals surface area contributed by atoms with Crippen LogP contribution in [-0.4, -0.2) is 31.3 Å². The van der Waals surface area contributed by atoms with Crippen LogP contribution in [0.5, 0.6) is 0 Å². The van der Waals surface area contributed by atoms with Gasteiger partial charge in [-0.1, -0.05) is 36.8 Å². The molecule has 1 aliphatic rings. The molecule has 4 nitrogen and oxygen atoms in total. The minimum atomic E-state index is -1.09. The first-order valence-corrected chi connectivity index (χ1v) is 7.17. The first-order valence-electron chi connectivity index (χ1n) is 7.17. The van der Waals surface area contributed by atoms with E-state index in [0.717, 1.165) is 25.9 Å². The lowest BCUT2D eigenvalue weighted by atomic mass is 9.66. The van der Waals surface area contributed by atoms with Gasteiger partial charge in [0, 0.05) is 20.3 Å². The van der Waals surface area contributed by atoms with Crippen molar-refractivity contribution in [3.63, 3.8) is 0 Å². The van der Waals surface area contributed by atoms with E-state index in [0.29, 0.717) is 12.1 Å². The number of carbonyl (C=O) groups is 1. The van der Waals surface area contributed by atoms with Crippen molar-refractivity contribution < 1.29 is 14.6 Å². The molecule has 1 amide bonds. The summed E-state index contributed by atoms with van der Waals surface area (Å²) in [6.45, 7) is 1.34. The average Bonchev–Trinajstić information content (AvgIpc) is 2.45. The molecule has 4 heteroatoms. The summed E-state index contributed by atoms with van der Waals surface area (Å²) in [7, 11) is 1.70. The van der Waals surface area contributed by atoms with Crippen molar-refractivity contribution in [2.24, 2.45) is 5.41 Å². The summed E-state index contributed by atoms with van der Waals surface area (Å²) in [5, 5.41) is 12.9. The molecule has 110 valence electrons. The number of benzene rings is 1. The highest BCUT2D eigenvalue weighted by atomic mass is 16.5. The maximum atomic E-state index is 12.0. The third-order valence-corrected chi connectivity index (χ3v) is 4.25. The molecule has 1 fully saturated rings. The van der Waals surface area contributed by atoms with Crippen molar-refractivity contribution in [2.45, 2.75) is 31.8 Å². The highest BCUT2D eigenvalue weighted by Crippen LogP contribution is 2.43. The van der Waals surface area contributed by atoms with Gasteiger partial charge in [-0.05, 0) is 30.2 Å². The van der Waals surface area contributed by atoms with Gasteiger partial charge in [-0.2, -0.15) is 0 Å². The Morgan fingerprint density at radius 3 is 2.65 bits per heavy atom. The third kappa shape index (κ3) is 3.58. The summed E-state index contributed by atoms with van der Waals surface area (Å²) < 4.78 is 5.13. The first kappa shape index (κ1) is 15.0. The van der Waals surface area contributed by atoms with Crippen LogP contribution in [0.1, 0.15) is 37.4 Å². The van der Waals surface area contributed by atoms with E-state index in [1.54, 1.807) is 19.2 Å². The van der Waals surface area contributed by atoms with Gasteiger partial charge in [0.05, 0.1) is 0 Å². The van der Waals surface area contributed by atoms with Crippen molar-refractivity contribution in [2.75, 3.05) is 20.3 Å². The molecular formula is C16H23NO3. The lowest BCUT2D eigenvalue weighted by Crippen LogP contribution is -2.44. The van der Waals surface area contributed by atoms with Crippen LogP contribution in [0.3, 0.4) is 0 Å². The minimum absolute atomic E-state index is 0.169. The summed E-state index contributed by atoms with van der Waals surface area (Å²) in [6, 6.07) is 9.01. The van der Waals surface area contributed by atoms with E-state index in [1.807, 2.05) is 18.2 Å². The molecule has 2 rings (SSSR count). The SMILES string of the molecule is COCCC1(CNC(=O)C(O)c2ccccc2)CCC1. The van der Waals surface area contributed by atoms with E-state index in [2.05, 4.69) is 5.32 Å². The van der Waals surface area contributed by atoms with Gasteiger partial charge in [0.2, 0.25) is 0 Å². The zero-order valence-corrected chi connectivity index (χ0v) is 12.0. The summed E-state index contributed by atoms with van der Waals surface area (Å²) in [4.78, 5) is 12.0. The molecule has 0 bridgehead atoms. The largest absolute Gasteiger partial charge is 0.385 e. The quantitative estimate of drug-likeness (QED) is 0.802. The number of methoxy groups -OCH3 is 1. The Labute approximate surface area is 120 Å². The first-order chi connectivity index (χ1) is 9.67. The highest BCUT2D eigenvalue weighted by molar-refractivity contribution is 5.81. The van der Waals surface area contributed by atoms with Gasteiger partial charge < -0.3 is 15.2 Å². The van der Waals surface area contributed by atoms with E-state index in [4.69, 9.17) is 4.74 Å². The molecule has 1 aromatic rings. The van der Waals surface area contributed by atoms with Crippen LogP contribution < -0.4 is 5.32 Å². The predicted molar refractivity (Wildman–Crippen MR) is 77.2 cm³/mol. The van der Waals surface area contributed by atoms with Crippen molar-refractivity contribution in [3.8, 4) is 0 Å². The average molecular weight is 277 g/mol. The molecule has 20 heavy (non-hydrogen) atoms. The Balaban J connectivity index is 1.85. The van der Waals surface area contributed by atoms with Crippen LogP contribution in [-0.2, 0) is 9.53 Å². The molecule has 0 aliphatic heterocycles. The Morgan fingerprint density at radius 2 is 2.10 bits per heavy atom. The number of aliphatic hydroxyl groups is 1. The minimum Gasteiger partial charge on any atom is -0.385 e. The van der Waals surface area contributed by atoms with E-state index < -0.39 is 6.10 Å². The van der Waals surface area contributed by atoms with Crippen LogP contribution in [0.2, 0.25) is 0 Å². The topological polar surface area (TPSA) is 58.6 Å². The van der Waals surface area contributed by atoms with Crippen molar-refractivity contribution in [3.05, 3.63) is 35.9 Å². The smallest absolute Gasteiger partial charge is 0.253 e. The van der Waals surface area contributed by atoms with E-state index in [1.165, 1.54) is 6.42 Å². The number of ether oxygens (including phenoxy) is 1. The zero-order valence-electron chi connectivity index (χ0n) is 12.0. The molecule has 0 aromatic heterocycles. The third-order valence-electron chi connectivity index (χ3n) is 4.25. The van der Waals surface area contributed by atoms with Gasteiger partial charge in [0.1, 0.15) is 0 Å². The molecule has 2 N–H and O–H groups in total. The molecule has 0 saturated heterocycles. The summed E-state index contributed by atoms with van der Waals surface area (Å²) >= 11 is 0. The maximum Gasteiger partial charge on any atom is 0.253 e. The second kappa shape index (κ2) is 6.86. The van der Waals surface area contributed by atoms with Gasteiger partial charge in [0.25, 0.3) is 5.91 Å². The summed E-state index contributed by atoms with van der Waals surface area (Å²) in [6.07, 6.45) is 3.33. The standard InChI is InChI=1S/C16H23NO3/c1-20-11-10-16(8-5-9-16)12-17-15(19)14(18)13-6-3-2-4-7-13/h2-4,6-7,14,18H,5,8-12H2,1H3,(H,17,19). The normalized spacial score (nSPS) is 18.1. The fraction of sp³-hybridized carbons (Fsp3) is 0.562. The van der Waals surface area contributed by atoms with Crippen LogP contribution in [0.15, 0.2) is 30.3 Å². The number of amides is 1. The van der Waals surface area contributed by atoms with Gasteiger partial charge in [-0.25, -0.2) is 0 Å². The molecule has 1 saturated carbocycles. The zero-order chi connectivity index (χ0) is 14.4. The Morgan fingerprint density at radius 1 is 1.40 bits per heavy atom. The van der Waals surface area contributed by atoms with Crippen molar-refractivity contribution >= 4 is 5.91 Å². The predicted octanol–water partition coefficient (Wildman–Crippen LogP) is 2.04. The number of hydrogen-bond acceptors (Lipinski definition) is 3. The van der Waals surface area contributed by atoms with Crippen LogP contribution in [0, 0.1) is 5.41 Å². The molecule has 1 aromatic carbocycles. The molecule has 0 radical (unpaired) electrons. The van der Waals surface area contributed by atoms with Crippen molar-refractivity contribution in [1.29, 1.82) is 0 Å². The van der Waals surface area contributed by atoms with E-state index in [-0.39, 0.29) is 11.3 Å². The van der Waals surface area contributed by atoms with Gasteiger partial charge in [-0.3, -0.25) is 4.79 Å². The van der Waals surface area contributed by atoms with Gasteiger partial charge in [-0.15, -0.1) is 0 Å². The van der Waals surface area contributed by atoms with Crippen LogP contribution in [0.25, 0.3) is 0 Å². The summed E-state index contributed by atoms with van der Waals surface area (Å²) in [5.41, 5.74) is 0.798. The van der Waals surface area contributed by atoms with Crippen LogP contribution in [0.4, 0.5) is 0 Å². The molecule has 1 atom stereocenters. The number of nitrogens with one attached hydrogen (secondary N) is 1. The van der Waals surface area contributed by atoms with E-state index >= 15 is 0 Å². The highest BCUT2D eigenvalue weighted by Gasteiger charge is 2.37. The van der Waals surface area contributed by atoms with Crippen LogP contribution >= 0.6 is 0 Å². The maximum absolute atomic E-state index is 12.0. The molecular weight excluding hydrogens is 254 g/mol. The summed E-state index contributed by atoms with van der Waals surface area (Å²) in [5.74, 6) is -0.320. The number of aliphatic hydroxyl groups excluding tert-OH is 1. The molecule has 0 spiro atoms. The lowest BCUT2D eigenvalue weighted by Gasteiger charge is -2.42. The lowest BCUT2D eigenvalue weighted by molar-refractivity contribution is -0.130. The molecule has 0 heterocycles. The fourth-order valence-corrected chi connectivity index (χ4v) is 2.67. The fourth-order valence-electron chi connectivity index (χ4n) is 2.67. The Hall–Kier alpha value is -1.39. The molecule has 1 aliphatic carbocycles. The second-order valence-corrected chi connectivity index (χ2v) is 5.63. The Bertz CT molecular complexity index is 429. The number of rotatable bonds is 7. The number of hydrogen-bond donors (Lipinski definition) is 2. The van der Waals surface area contributed by atoms with Gasteiger partial charge in [0.15, 0.2) is 6.10 Å². The van der Waals surface area contributed by atoms with Crippen molar-refractivity contribution in [1.82, 2.24) is 5.32 Å². The van der Waals surface area contributed by atoms with Gasteiger partial charge >= 0.3 is 0 Å². The second-order valence-electron chi connectivity index (χ2n) is 5.63. The Kier molecular flexibility index (Phi) is 5.15. The monoisotopic (exact) mass is 277 g/mol. The number of carbonyl (C=O) groups excluding carboxylic acids is 1.